The Morgan fingerprint density at radius 1 is 0.686 bits per heavy atom. The summed E-state index contributed by atoms with van der Waals surface area (Å²) in [5.41, 5.74) is 15.9. The molecule has 11 rings (SSSR count). The lowest BCUT2D eigenvalue weighted by molar-refractivity contribution is 0.473. The maximum Gasteiger partial charge on any atom is 0.0534 e. The molecule has 0 N–H and O–H groups in total. The van der Waals surface area contributed by atoms with E-state index in [1.54, 1.807) is 0 Å². The third-order valence-corrected chi connectivity index (χ3v) is 13.2. The molecular weight excluding hydrogens is 637 g/mol. The molecule has 3 heteroatoms. The standard InChI is InChI=1S/C48H40N2S/c1-3-12-34(13-4-1)49-42-19-9-7-16-37(42)40-28-31(23-26-43(40)49)32-24-27-44-41(29-32)38-25-22-33(30-45(38)50(44)35-14-5-2-6-15-35)36-18-11-21-47-48(36)39-17-8-10-20-46(39)51-47/h1-3,5,7-8,10-12,14,16-18,20-27,29,33,40H,4,6,9,13,15,19,28,30H2. The monoisotopic (exact) mass is 676 g/mol. The Labute approximate surface area is 303 Å². The minimum Gasteiger partial charge on any atom is -0.321 e. The lowest BCUT2D eigenvalue weighted by atomic mass is 9.82. The van der Waals surface area contributed by atoms with Gasteiger partial charge in [-0.1, -0.05) is 91.1 Å². The smallest absolute Gasteiger partial charge is 0.0534 e. The average Bonchev–Trinajstić information content (AvgIpc) is 3.85. The molecule has 2 atom stereocenters. The first-order valence-corrected chi connectivity index (χ1v) is 19.7. The first-order chi connectivity index (χ1) is 25.3. The fourth-order valence-corrected chi connectivity index (χ4v) is 10.9. The summed E-state index contributed by atoms with van der Waals surface area (Å²) < 4.78 is 5.39. The second-order valence-corrected chi connectivity index (χ2v) is 16.0. The SMILES string of the molecule is C1=CCCC(N2C3=CC=C(c4ccc5c(c4)c4c(n5C5=CC=CCC5)CC(c5cccc6sc7ccccc7c56)C=C4)CC3C3=C2CCC=C3)=C1. The summed E-state index contributed by atoms with van der Waals surface area (Å²) in [5.74, 6) is 0.755. The van der Waals surface area contributed by atoms with Crippen molar-refractivity contribution < 1.29 is 0 Å². The van der Waals surface area contributed by atoms with Crippen LogP contribution in [0, 0.1) is 5.92 Å². The molecule has 1 aliphatic heterocycles. The van der Waals surface area contributed by atoms with E-state index in [-0.39, 0.29) is 0 Å². The quantitative estimate of drug-likeness (QED) is 0.184. The molecule has 0 bridgehead atoms. The Balaban J connectivity index is 1.02. The Morgan fingerprint density at radius 3 is 2.41 bits per heavy atom. The van der Waals surface area contributed by atoms with E-state index in [1.165, 1.54) is 87.4 Å². The number of aromatic nitrogens is 1. The number of hydrogen-bond donors (Lipinski definition) is 0. The molecule has 0 spiro atoms. The summed E-state index contributed by atoms with van der Waals surface area (Å²) in [7, 11) is 0. The zero-order valence-electron chi connectivity index (χ0n) is 28.8. The van der Waals surface area contributed by atoms with Gasteiger partial charge in [-0.3, -0.25) is 0 Å². The van der Waals surface area contributed by atoms with Crippen LogP contribution >= 0.6 is 11.3 Å². The molecule has 0 saturated heterocycles. The maximum atomic E-state index is 2.63. The van der Waals surface area contributed by atoms with Gasteiger partial charge in [0.05, 0.1) is 5.52 Å². The molecule has 6 aliphatic rings. The molecule has 0 amide bonds. The molecule has 3 heterocycles. The van der Waals surface area contributed by atoms with Gasteiger partial charge in [0.25, 0.3) is 0 Å². The van der Waals surface area contributed by atoms with Crippen LogP contribution in [0.3, 0.4) is 0 Å². The molecule has 51 heavy (non-hydrogen) atoms. The predicted molar refractivity (Wildman–Crippen MR) is 217 cm³/mol. The van der Waals surface area contributed by atoms with Crippen molar-refractivity contribution in [2.24, 2.45) is 5.92 Å². The van der Waals surface area contributed by atoms with E-state index >= 15 is 0 Å². The number of fused-ring (bicyclic) bond motifs is 8. The lowest BCUT2D eigenvalue weighted by Gasteiger charge is -2.31. The fourth-order valence-electron chi connectivity index (χ4n) is 9.78. The number of rotatable bonds is 4. The van der Waals surface area contributed by atoms with E-state index in [1.807, 2.05) is 11.3 Å². The van der Waals surface area contributed by atoms with Crippen LogP contribution in [0.15, 0.2) is 150 Å². The summed E-state index contributed by atoms with van der Waals surface area (Å²) >= 11 is 1.92. The van der Waals surface area contributed by atoms with E-state index in [9.17, 15) is 0 Å². The summed E-state index contributed by atoms with van der Waals surface area (Å²) in [6.07, 6.45) is 37.2. The average molecular weight is 677 g/mol. The van der Waals surface area contributed by atoms with Gasteiger partial charge >= 0.3 is 0 Å². The minimum absolute atomic E-state index is 0.331. The maximum absolute atomic E-state index is 2.63. The van der Waals surface area contributed by atoms with Gasteiger partial charge in [0.15, 0.2) is 0 Å². The Hall–Kier alpha value is -5.12. The van der Waals surface area contributed by atoms with Crippen molar-refractivity contribution in [2.75, 3.05) is 0 Å². The molecule has 5 aliphatic carbocycles. The lowest BCUT2D eigenvalue weighted by Crippen LogP contribution is -2.21. The molecule has 2 aromatic heterocycles. The number of hydrogen-bond acceptors (Lipinski definition) is 2. The minimum atomic E-state index is 0.331. The van der Waals surface area contributed by atoms with Crippen molar-refractivity contribution in [2.45, 2.75) is 57.3 Å². The van der Waals surface area contributed by atoms with Crippen molar-refractivity contribution in [3.8, 4) is 0 Å². The molecule has 0 fully saturated rings. The third kappa shape index (κ3) is 4.60. The van der Waals surface area contributed by atoms with Gasteiger partial charge in [0.2, 0.25) is 0 Å². The molecule has 0 radical (unpaired) electrons. The predicted octanol–water partition coefficient (Wildman–Crippen LogP) is 13.0. The van der Waals surface area contributed by atoms with Crippen LogP contribution in [0.4, 0.5) is 0 Å². The highest BCUT2D eigenvalue weighted by molar-refractivity contribution is 7.25. The van der Waals surface area contributed by atoms with E-state index in [0.29, 0.717) is 11.8 Å². The second-order valence-electron chi connectivity index (χ2n) is 14.9. The van der Waals surface area contributed by atoms with Crippen LogP contribution in [0.25, 0.3) is 48.4 Å². The van der Waals surface area contributed by atoms with Crippen molar-refractivity contribution >= 4 is 59.8 Å². The first kappa shape index (κ1) is 29.6. The van der Waals surface area contributed by atoms with Crippen LogP contribution in [-0.2, 0) is 6.42 Å². The van der Waals surface area contributed by atoms with Gasteiger partial charge in [-0.2, -0.15) is 0 Å². The number of allylic oxidation sites excluding steroid dienone is 16. The van der Waals surface area contributed by atoms with Gasteiger partial charge in [-0.25, -0.2) is 0 Å². The molecule has 2 nitrogen and oxygen atoms in total. The van der Waals surface area contributed by atoms with Crippen molar-refractivity contribution in [1.82, 2.24) is 9.47 Å². The molecule has 2 unspecified atom stereocenters. The zero-order chi connectivity index (χ0) is 33.5. The van der Waals surface area contributed by atoms with E-state index in [4.69, 9.17) is 0 Å². The van der Waals surface area contributed by atoms with Crippen LogP contribution < -0.4 is 0 Å². The summed E-state index contributed by atoms with van der Waals surface area (Å²) in [4.78, 5) is 2.63. The van der Waals surface area contributed by atoms with Crippen molar-refractivity contribution in [3.05, 3.63) is 173 Å². The van der Waals surface area contributed by atoms with Gasteiger partial charge < -0.3 is 9.47 Å². The number of nitrogens with zero attached hydrogens (tertiary/aromatic N) is 2. The number of thiophene rings is 1. The van der Waals surface area contributed by atoms with Crippen LogP contribution in [-0.4, -0.2) is 9.47 Å². The Kier molecular flexibility index (Phi) is 6.80. The highest BCUT2D eigenvalue weighted by Crippen LogP contribution is 2.51. The fraction of sp³-hybridized carbons (Fsp3) is 0.208. The topological polar surface area (TPSA) is 8.17 Å². The van der Waals surface area contributed by atoms with Gasteiger partial charge in [0.1, 0.15) is 0 Å². The van der Waals surface area contributed by atoms with E-state index in [0.717, 1.165) is 51.4 Å². The molecule has 5 aromatic rings. The van der Waals surface area contributed by atoms with Crippen molar-refractivity contribution in [1.29, 1.82) is 0 Å². The van der Waals surface area contributed by atoms with Crippen molar-refractivity contribution in [3.63, 3.8) is 0 Å². The van der Waals surface area contributed by atoms with Crippen LogP contribution in [0.2, 0.25) is 0 Å². The second kappa shape index (κ2) is 11.7. The third-order valence-electron chi connectivity index (χ3n) is 12.1. The molecular formula is C48H40N2S. The summed E-state index contributed by atoms with van der Waals surface area (Å²) in [6.45, 7) is 0. The summed E-state index contributed by atoms with van der Waals surface area (Å²) in [5, 5.41) is 4.21. The molecule has 0 saturated carbocycles. The zero-order valence-corrected chi connectivity index (χ0v) is 29.6. The number of benzene rings is 3. The molecule has 3 aromatic carbocycles. The van der Waals surface area contributed by atoms with Gasteiger partial charge in [-0.05, 0) is 116 Å². The summed E-state index contributed by atoms with van der Waals surface area (Å²) in [6, 6.07) is 23.2. The Bertz CT molecular complexity index is 2600. The van der Waals surface area contributed by atoms with Gasteiger partial charge in [-0.15, -0.1) is 11.3 Å². The first-order valence-electron chi connectivity index (χ1n) is 18.9. The largest absolute Gasteiger partial charge is 0.321 e. The van der Waals surface area contributed by atoms with Gasteiger partial charge in [0, 0.05) is 71.4 Å². The normalized spacial score (nSPS) is 22.3. The highest BCUT2D eigenvalue weighted by atomic mass is 32.1. The van der Waals surface area contributed by atoms with E-state index < -0.39 is 0 Å². The molecule has 248 valence electrons. The Morgan fingerprint density at radius 2 is 1.53 bits per heavy atom. The van der Waals surface area contributed by atoms with Crippen LogP contribution in [0.1, 0.15) is 73.2 Å². The van der Waals surface area contributed by atoms with E-state index in [2.05, 4.69) is 143 Å². The van der Waals surface area contributed by atoms with Crippen LogP contribution in [0.5, 0.6) is 0 Å². The highest BCUT2D eigenvalue weighted by Gasteiger charge is 2.39.